The highest BCUT2D eigenvalue weighted by Crippen LogP contribution is 2.19. The number of carbonyl (C=O) groups excluding carboxylic acids is 1. The lowest BCUT2D eigenvalue weighted by molar-refractivity contribution is -0.128. The number of aromatic nitrogens is 1. The van der Waals surface area contributed by atoms with Gasteiger partial charge in [-0.15, -0.1) is 0 Å². The van der Waals surface area contributed by atoms with Crippen molar-refractivity contribution in [2.24, 2.45) is 5.92 Å². The van der Waals surface area contributed by atoms with Crippen LogP contribution in [-0.2, 0) is 11.3 Å². The van der Waals surface area contributed by atoms with Crippen LogP contribution in [0.4, 0.5) is 5.69 Å². The second kappa shape index (κ2) is 3.88. The van der Waals surface area contributed by atoms with Gasteiger partial charge in [-0.1, -0.05) is 6.92 Å². The topological polar surface area (TPSA) is 59.2 Å². The highest BCUT2D eigenvalue weighted by Gasteiger charge is 2.26. The van der Waals surface area contributed by atoms with E-state index in [0.29, 0.717) is 24.6 Å². The van der Waals surface area contributed by atoms with E-state index >= 15 is 0 Å². The molecule has 2 N–H and O–H groups in total. The van der Waals surface area contributed by atoms with E-state index in [1.165, 1.54) is 0 Å². The molecule has 1 aromatic rings. The number of nitrogen functional groups attached to an aromatic ring is 1. The molecule has 1 fully saturated rings. The van der Waals surface area contributed by atoms with Crippen molar-refractivity contribution in [3.05, 3.63) is 24.0 Å². The average Bonchev–Trinajstić information content (AvgIpc) is 2.45. The summed E-state index contributed by atoms with van der Waals surface area (Å²) in [6.07, 6.45) is 2.33. The molecule has 4 nitrogen and oxygen atoms in total. The summed E-state index contributed by atoms with van der Waals surface area (Å²) in [4.78, 5) is 17.6. The number of nitrogens with zero attached hydrogens (tertiary/aromatic N) is 2. The highest BCUT2D eigenvalue weighted by molar-refractivity contribution is 5.78. The molecule has 1 amide bonds. The molecule has 1 aliphatic heterocycles. The molecular weight excluding hydrogens is 190 g/mol. The van der Waals surface area contributed by atoms with E-state index in [1.807, 2.05) is 11.0 Å². The summed E-state index contributed by atoms with van der Waals surface area (Å²) in [5.74, 6) is 0.672. The molecule has 1 saturated heterocycles. The first kappa shape index (κ1) is 9.96. The van der Waals surface area contributed by atoms with Crippen LogP contribution in [0.3, 0.4) is 0 Å². The number of nitrogens with two attached hydrogens (primary N) is 1. The fourth-order valence-corrected chi connectivity index (χ4v) is 1.90. The molecule has 0 saturated carbocycles. The number of hydrogen-bond acceptors (Lipinski definition) is 3. The quantitative estimate of drug-likeness (QED) is 0.784. The first-order valence-electron chi connectivity index (χ1n) is 5.13. The van der Waals surface area contributed by atoms with Crippen LogP contribution in [0.5, 0.6) is 0 Å². The molecule has 15 heavy (non-hydrogen) atoms. The molecule has 0 spiro atoms. The Kier molecular flexibility index (Phi) is 2.58. The maximum absolute atomic E-state index is 11.5. The number of likely N-dealkylation sites (tertiary alicyclic amines) is 1. The van der Waals surface area contributed by atoms with Crippen molar-refractivity contribution in [3.8, 4) is 0 Å². The Morgan fingerprint density at radius 1 is 1.67 bits per heavy atom. The average molecular weight is 205 g/mol. The molecule has 0 bridgehead atoms. The van der Waals surface area contributed by atoms with Crippen molar-refractivity contribution in [1.29, 1.82) is 0 Å². The van der Waals surface area contributed by atoms with Crippen LogP contribution in [0.1, 0.15) is 19.0 Å². The van der Waals surface area contributed by atoms with Crippen molar-refractivity contribution in [2.45, 2.75) is 19.9 Å². The standard InChI is InChI=1S/C11H15N3O/c1-8-4-11(15)14(6-8)7-10-5-9(12)2-3-13-10/h2-3,5,8H,4,6-7H2,1H3,(H2,12,13). The van der Waals surface area contributed by atoms with Crippen LogP contribution in [0, 0.1) is 5.92 Å². The molecule has 1 atom stereocenters. The van der Waals surface area contributed by atoms with Crippen LogP contribution in [0.25, 0.3) is 0 Å². The summed E-state index contributed by atoms with van der Waals surface area (Å²) >= 11 is 0. The predicted octanol–water partition coefficient (Wildman–Crippen LogP) is 1.03. The van der Waals surface area contributed by atoms with Crippen molar-refractivity contribution < 1.29 is 4.79 Å². The van der Waals surface area contributed by atoms with Crippen LogP contribution < -0.4 is 5.73 Å². The monoisotopic (exact) mass is 205 g/mol. The van der Waals surface area contributed by atoms with Gasteiger partial charge in [0.25, 0.3) is 0 Å². The van der Waals surface area contributed by atoms with E-state index in [2.05, 4.69) is 11.9 Å². The minimum atomic E-state index is 0.215. The zero-order valence-corrected chi connectivity index (χ0v) is 8.81. The first-order valence-corrected chi connectivity index (χ1v) is 5.13. The van der Waals surface area contributed by atoms with E-state index in [0.717, 1.165) is 12.2 Å². The van der Waals surface area contributed by atoms with Crippen molar-refractivity contribution >= 4 is 11.6 Å². The number of rotatable bonds is 2. The molecule has 80 valence electrons. The van der Waals surface area contributed by atoms with E-state index in [4.69, 9.17) is 5.73 Å². The Labute approximate surface area is 89.1 Å². The second-order valence-electron chi connectivity index (χ2n) is 4.16. The number of amides is 1. The minimum absolute atomic E-state index is 0.215. The normalized spacial score (nSPS) is 21.0. The number of hydrogen-bond donors (Lipinski definition) is 1. The maximum Gasteiger partial charge on any atom is 0.223 e. The Morgan fingerprint density at radius 2 is 2.47 bits per heavy atom. The van der Waals surface area contributed by atoms with Gasteiger partial charge in [0.05, 0.1) is 12.2 Å². The van der Waals surface area contributed by atoms with Gasteiger partial charge in [-0.3, -0.25) is 9.78 Å². The fourth-order valence-electron chi connectivity index (χ4n) is 1.90. The molecule has 0 aliphatic carbocycles. The summed E-state index contributed by atoms with van der Waals surface area (Å²) < 4.78 is 0. The third-order valence-corrected chi connectivity index (χ3v) is 2.60. The lowest BCUT2D eigenvalue weighted by Crippen LogP contribution is -2.24. The molecule has 0 radical (unpaired) electrons. The molecule has 1 unspecified atom stereocenters. The van der Waals surface area contributed by atoms with Gasteiger partial charge in [0.2, 0.25) is 5.91 Å². The summed E-state index contributed by atoms with van der Waals surface area (Å²) in [5, 5.41) is 0. The van der Waals surface area contributed by atoms with Crippen molar-refractivity contribution in [3.63, 3.8) is 0 Å². The van der Waals surface area contributed by atoms with Gasteiger partial charge in [-0.2, -0.15) is 0 Å². The van der Waals surface area contributed by atoms with E-state index in [-0.39, 0.29) is 5.91 Å². The predicted molar refractivity (Wildman–Crippen MR) is 57.8 cm³/mol. The molecule has 2 heterocycles. The third-order valence-electron chi connectivity index (χ3n) is 2.60. The Morgan fingerprint density at radius 3 is 3.07 bits per heavy atom. The Hall–Kier alpha value is -1.58. The zero-order chi connectivity index (χ0) is 10.8. The summed E-state index contributed by atoms with van der Waals surface area (Å²) in [7, 11) is 0. The first-order chi connectivity index (χ1) is 7.15. The summed E-state index contributed by atoms with van der Waals surface area (Å²) in [6, 6.07) is 3.56. The number of pyridine rings is 1. The molecule has 4 heteroatoms. The third kappa shape index (κ3) is 2.26. The van der Waals surface area contributed by atoms with Gasteiger partial charge in [-0.25, -0.2) is 0 Å². The largest absolute Gasteiger partial charge is 0.399 e. The number of anilines is 1. The summed E-state index contributed by atoms with van der Waals surface area (Å²) in [6.45, 7) is 3.49. The molecule has 0 aromatic carbocycles. The lowest BCUT2D eigenvalue weighted by Gasteiger charge is -2.15. The molecule has 1 aromatic heterocycles. The van der Waals surface area contributed by atoms with Gasteiger partial charge in [0.1, 0.15) is 0 Å². The van der Waals surface area contributed by atoms with Crippen LogP contribution in [-0.4, -0.2) is 22.3 Å². The van der Waals surface area contributed by atoms with Gasteiger partial charge in [0, 0.05) is 24.8 Å². The Balaban J connectivity index is 2.06. The lowest BCUT2D eigenvalue weighted by atomic mass is 10.2. The number of carbonyl (C=O) groups is 1. The van der Waals surface area contributed by atoms with Gasteiger partial charge in [0.15, 0.2) is 0 Å². The minimum Gasteiger partial charge on any atom is -0.399 e. The molecule has 1 aliphatic rings. The van der Waals surface area contributed by atoms with E-state index < -0.39 is 0 Å². The second-order valence-corrected chi connectivity index (χ2v) is 4.16. The van der Waals surface area contributed by atoms with Gasteiger partial charge < -0.3 is 10.6 Å². The smallest absolute Gasteiger partial charge is 0.223 e. The summed E-state index contributed by atoms with van der Waals surface area (Å²) in [5.41, 5.74) is 7.20. The van der Waals surface area contributed by atoms with Crippen LogP contribution >= 0.6 is 0 Å². The zero-order valence-electron chi connectivity index (χ0n) is 8.81. The fraction of sp³-hybridized carbons (Fsp3) is 0.455. The van der Waals surface area contributed by atoms with Crippen molar-refractivity contribution in [1.82, 2.24) is 9.88 Å². The van der Waals surface area contributed by atoms with Gasteiger partial charge in [-0.05, 0) is 18.1 Å². The van der Waals surface area contributed by atoms with Crippen LogP contribution in [0.15, 0.2) is 18.3 Å². The van der Waals surface area contributed by atoms with Gasteiger partial charge >= 0.3 is 0 Å². The molecular formula is C11H15N3O. The SMILES string of the molecule is CC1CC(=O)N(Cc2cc(N)ccn2)C1. The molecule has 2 rings (SSSR count). The van der Waals surface area contributed by atoms with E-state index in [1.54, 1.807) is 12.3 Å². The van der Waals surface area contributed by atoms with Crippen LogP contribution in [0.2, 0.25) is 0 Å². The maximum atomic E-state index is 11.5. The van der Waals surface area contributed by atoms with Crippen molar-refractivity contribution in [2.75, 3.05) is 12.3 Å². The Bertz CT molecular complexity index is 378. The van der Waals surface area contributed by atoms with E-state index in [9.17, 15) is 4.79 Å². The highest BCUT2D eigenvalue weighted by atomic mass is 16.2.